The zero-order valence-corrected chi connectivity index (χ0v) is 13.0. The number of amides is 1. The van der Waals surface area contributed by atoms with Gasteiger partial charge in [0, 0.05) is 24.9 Å². The molecule has 0 bridgehead atoms. The van der Waals surface area contributed by atoms with E-state index in [1.807, 2.05) is 37.3 Å². The van der Waals surface area contributed by atoms with Crippen LogP contribution in [0, 0.1) is 5.92 Å². The first-order valence-electron chi connectivity index (χ1n) is 7.78. The van der Waals surface area contributed by atoms with Crippen LogP contribution in [0.15, 0.2) is 43.0 Å². The van der Waals surface area contributed by atoms with Crippen LogP contribution in [0.3, 0.4) is 0 Å². The van der Waals surface area contributed by atoms with Crippen molar-refractivity contribution in [3.8, 4) is 0 Å². The molecule has 4 heteroatoms. The lowest BCUT2D eigenvalue weighted by molar-refractivity contribution is -0.128. The predicted octanol–water partition coefficient (Wildman–Crippen LogP) is 3.57. The Balaban J connectivity index is 2.01. The molecule has 1 heterocycles. The molecule has 0 spiro atoms. The number of hydrogen-bond donors (Lipinski definition) is 0. The molecule has 1 aliphatic rings. The second kappa shape index (κ2) is 7.78. The molecule has 2 rings (SSSR count). The van der Waals surface area contributed by atoms with Gasteiger partial charge in [0.25, 0.3) is 0 Å². The number of ether oxygens (including phenoxy) is 1. The highest BCUT2D eigenvalue weighted by atomic mass is 16.6. The van der Waals surface area contributed by atoms with Crippen molar-refractivity contribution in [3.63, 3.8) is 0 Å². The highest BCUT2D eigenvalue weighted by Crippen LogP contribution is 2.27. The van der Waals surface area contributed by atoms with Crippen molar-refractivity contribution in [1.29, 1.82) is 0 Å². The van der Waals surface area contributed by atoms with E-state index < -0.39 is 0 Å². The Morgan fingerprint density at radius 2 is 2.14 bits per heavy atom. The van der Waals surface area contributed by atoms with Crippen LogP contribution >= 0.6 is 0 Å². The number of benzene rings is 1. The van der Waals surface area contributed by atoms with E-state index in [2.05, 4.69) is 6.58 Å². The SMILES string of the molecule is C=CC[C@H]1C(=O)CCN(C(=O)OCc2ccccc2)[C@@H]1CC. The molecule has 2 atom stereocenters. The van der Waals surface area contributed by atoms with Crippen molar-refractivity contribution < 1.29 is 14.3 Å². The Hall–Kier alpha value is -2.10. The standard InChI is InChI=1S/C18H23NO3/c1-3-8-15-16(4-2)19(12-11-17(15)20)18(21)22-13-14-9-6-5-7-10-14/h3,5-7,9-10,15-16H,1,4,8,11-13H2,2H3/t15-,16-/m1/s1. The summed E-state index contributed by atoms with van der Waals surface area (Å²) in [6, 6.07) is 9.50. The summed E-state index contributed by atoms with van der Waals surface area (Å²) in [5.74, 6) is 0.0689. The molecule has 22 heavy (non-hydrogen) atoms. The third-order valence-electron chi connectivity index (χ3n) is 4.16. The summed E-state index contributed by atoms with van der Waals surface area (Å²) in [4.78, 5) is 26.1. The molecule has 0 N–H and O–H groups in total. The summed E-state index contributed by atoms with van der Waals surface area (Å²) >= 11 is 0. The number of nitrogens with zero attached hydrogens (tertiary/aromatic N) is 1. The second-order valence-corrected chi connectivity index (χ2v) is 5.56. The number of carbonyl (C=O) groups excluding carboxylic acids is 2. The molecule has 0 radical (unpaired) electrons. The number of rotatable bonds is 5. The minimum absolute atomic E-state index is 0.0949. The van der Waals surface area contributed by atoms with Crippen LogP contribution in [0.5, 0.6) is 0 Å². The molecule has 0 aromatic heterocycles. The van der Waals surface area contributed by atoms with Gasteiger partial charge in [-0.1, -0.05) is 43.3 Å². The van der Waals surface area contributed by atoms with Gasteiger partial charge in [-0.25, -0.2) is 4.79 Å². The Morgan fingerprint density at radius 3 is 2.77 bits per heavy atom. The van der Waals surface area contributed by atoms with E-state index in [-0.39, 0.29) is 30.4 Å². The second-order valence-electron chi connectivity index (χ2n) is 5.56. The molecule has 1 aliphatic heterocycles. The van der Waals surface area contributed by atoms with Crippen molar-refractivity contribution in [3.05, 3.63) is 48.6 Å². The molecular formula is C18H23NO3. The van der Waals surface area contributed by atoms with Crippen molar-refractivity contribution in [1.82, 2.24) is 4.90 Å². The largest absolute Gasteiger partial charge is 0.445 e. The maximum Gasteiger partial charge on any atom is 0.410 e. The molecule has 1 fully saturated rings. The third kappa shape index (κ3) is 3.75. The van der Waals surface area contributed by atoms with E-state index in [0.717, 1.165) is 12.0 Å². The van der Waals surface area contributed by atoms with E-state index in [1.165, 1.54) is 0 Å². The maximum atomic E-state index is 12.4. The van der Waals surface area contributed by atoms with E-state index in [9.17, 15) is 9.59 Å². The fourth-order valence-electron chi connectivity index (χ4n) is 3.02. The number of ketones is 1. The first kappa shape index (κ1) is 16.3. The summed E-state index contributed by atoms with van der Waals surface area (Å²) in [5.41, 5.74) is 0.958. The smallest absolute Gasteiger partial charge is 0.410 e. The van der Waals surface area contributed by atoms with Gasteiger partial charge in [0.2, 0.25) is 0 Å². The molecule has 1 aromatic rings. The first-order chi connectivity index (χ1) is 10.7. The fraction of sp³-hybridized carbons (Fsp3) is 0.444. The summed E-state index contributed by atoms with van der Waals surface area (Å²) in [7, 11) is 0. The topological polar surface area (TPSA) is 46.6 Å². The van der Waals surface area contributed by atoms with Crippen LogP contribution in [0.2, 0.25) is 0 Å². The summed E-state index contributed by atoms with van der Waals surface area (Å²) in [6.07, 6.45) is 3.17. The number of allylic oxidation sites excluding steroid dienone is 1. The van der Waals surface area contributed by atoms with E-state index in [4.69, 9.17) is 4.74 Å². The normalized spacial score (nSPS) is 21.5. The molecule has 4 nitrogen and oxygen atoms in total. The highest BCUT2D eigenvalue weighted by molar-refractivity contribution is 5.84. The zero-order valence-electron chi connectivity index (χ0n) is 13.0. The minimum atomic E-state index is -0.336. The van der Waals surface area contributed by atoms with E-state index >= 15 is 0 Å². The van der Waals surface area contributed by atoms with Crippen LogP contribution < -0.4 is 0 Å². The summed E-state index contributed by atoms with van der Waals surface area (Å²) in [5, 5.41) is 0. The average Bonchev–Trinajstić information content (AvgIpc) is 2.55. The predicted molar refractivity (Wildman–Crippen MR) is 85.3 cm³/mol. The van der Waals surface area contributed by atoms with Crippen LogP contribution in [-0.4, -0.2) is 29.4 Å². The Kier molecular flexibility index (Phi) is 5.75. The number of carbonyl (C=O) groups is 2. The number of piperidine rings is 1. The number of likely N-dealkylation sites (tertiary alicyclic amines) is 1. The fourth-order valence-corrected chi connectivity index (χ4v) is 3.02. The zero-order chi connectivity index (χ0) is 15.9. The number of hydrogen-bond acceptors (Lipinski definition) is 3. The molecule has 118 valence electrons. The molecule has 1 amide bonds. The molecule has 0 saturated carbocycles. The van der Waals surface area contributed by atoms with E-state index in [0.29, 0.717) is 19.4 Å². The Bertz CT molecular complexity index is 526. The Labute approximate surface area is 131 Å². The van der Waals surface area contributed by atoms with E-state index in [1.54, 1.807) is 11.0 Å². The van der Waals surface area contributed by atoms with Crippen molar-refractivity contribution in [2.45, 2.75) is 38.8 Å². The monoisotopic (exact) mass is 301 g/mol. The van der Waals surface area contributed by atoms with Crippen LogP contribution in [0.25, 0.3) is 0 Å². The van der Waals surface area contributed by atoms with Gasteiger partial charge in [-0.3, -0.25) is 4.79 Å². The highest BCUT2D eigenvalue weighted by Gasteiger charge is 2.38. The van der Waals surface area contributed by atoms with Gasteiger partial charge >= 0.3 is 6.09 Å². The van der Waals surface area contributed by atoms with Crippen molar-refractivity contribution >= 4 is 11.9 Å². The summed E-state index contributed by atoms with van der Waals surface area (Å²) < 4.78 is 5.41. The van der Waals surface area contributed by atoms with Crippen molar-refractivity contribution in [2.24, 2.45) is 5.92 Å². The molecule has 1 aromatic carbocycles. The van der Waals surface area contributed by atoms with Crippen LogP contribution in [0.4, 0.5) is 4.79 Å². The lowest BCUT2D eigenvalue weighted by Gasteiger charge is -2.39. The minimum Gasteiger partial charge on any atom is -0.445 e. The molecular weight excluding hydrogens is 278 g/mol. The summed E-state index contributed by atoms with van der Waals surface area (Å²) in [6.45, 7) is 6.41. The first-order valence-corrected chi connectivity index (χ1v) is 7.78. The Morgan fingerprint density at radius 1 is 1.41 bits per heavy atom. The maximum absolute atomic E-state index is 12.4. The average molecular weight is 301 g/mol. The lowest BCUT2D eigenvalue weighted by Crippen LogP contribution is -2.51. The van der Waals surface area contributed by atoms with Crippen molar-refractivity contribution in [2.75, 3.05) is 6.54 Å². The van der Waals surface area contributed by atoms with Gasteiger partial charge in [-0.05, 0) is 18.4 Å². The van der Waals surface area contributed by atoms with Gasteiger partial charge in [-0.2, -0.15) is 0 Å². The van der Waals surface area contributed by atoms with Crippen LogP contribution in [-0.2, 0) is 16.1 Å². The number of Topliss-reactive ketones (excluding diaryl/α,β-unsaturated/α-hetero) is 1. The van der Waals surface area contributed by atoms with Gasteiger partial charge < -0.3 is 9.64 Å². The molecule has 0 aliphatic carbocycles. The van der Waals surface area contributed by atoms with Gasteiger partial charge in [0.1, 0.15) is 12.4 Å². The lowest BCUT2D eigenvalue weighted by atomic mass is 9.84. The van der Waals surface area contributed by atoms with Crippen LogP contribution in [0.1, 0.15) is 31.7 Å². The van der Waals surface area contributed by atoms with Gasteiger partial charge in [0.15, 0.2) is 0 Å². The molecule has 0 unspecified atom stereocenters. The van der Waals surface area contributed by atoms with Gasteiger partial charge in [0.05, 0.1) is 0 Å². The third-order valence-corrected chi connectivity index (χ3v) is 4.16. The quantitative estimate of drug-likeness (QED) is 0.781. The molecule has 1 saturated heterocycles. The van der Waals surface area contributed by atoms with Gasteiger partial charge in [-0.15, -0.1) is 6.58 Å².